The maximum Gasteiger partial charge on any atom is 0.329 e. The van der Waals surface area contributed by atoms with Crippen LogP contribution in [0.3, 0.4) is 0 Å². The first-order valence-corrected chi connectivity index (χ1v) is 31.8. The average Bonchev–Trinajstić information content (AvgIpc) is 3.70. The van der Waals surface area contributed by atoms with Crippen LogP contribution >= 0.6 is 0 Å². The van der Waals surface area contributed by atoms with Crippen molar-refractivity contribution in [1.82, 2.24) is 24.8 Å². The highest BCUT2D eigenvalue weighted by Crippen LogP contribution is 2.38. The van der Waals surface area contributed by atoms with Gasteiger partial charge in [0.15, 0.2) is 5.78 Å². The highest BCUT2D eigenvalue weighted by molar-refractivity contribution is 6.39. The number of anilines is 2. The summed E-state index contributed by atoms with van der Waals surface area (Å²) in [5, 5.41) is 23.7. The summed E-state index contributed by atoms with van der Waals surface area (Å²) in [6.45, 7) is 17.6. The van der Waals surface area contributed by atoms with Crippen molar-refractivity contribution in [3.05, 3.63) is 83.5 Å². The number of aromatic nitrogens is 4. The maximum atomic E-state index is 14.7. The van der Waals surface area contributed by atoms with Gasteiger partial charge in [-0.25, -0.2) is 24.7 Å². The van der Waals surface area contributed by atoms with Crippen molar-refractivity contribution in [2.24, 2.45) is 35.5 Å². The van der Waals surface area contributed by atoms with Crippen LogP contribution in [-0.4, -0.2) is 179 Å². The maximum absolute atomic E-state index is 14.7. The van der Waals surface area contributed by atoms with E-state index in [2.05, 4.69) is 29.7 Å². The number of hydrogen-bond donors (Lipinski definition) is 2. The van der Waals surface area contributed by atoms with E-state index in [1.54, 1.807) is 53.5 Å². The van der Waals surface area contributed by atoms with Crippen LogP contribution in [0, 0.1) is 42.4 Å². The Hall–Kier alpha value is -6.10. The first kappa shape index (κ1) is 69.4. The first-order valence-electron chi connectivity index (χ1n) is 31.8. The number of Topliss-reactive ketones (excluding diaryl/α,β-unsaturated/α-hetero) is 3. The molecular formula is C67H97N7O14. The number of piperazine rings is 1. The molecule has 0 spiro atoms. The summed E-state index contributed by atoms with van der Waals surface area (Å²) in [6, 6.07) is -1.19. The van der Waals surface area contributed by atoms with E-state index < -0.39 is 95.9 Å². The summed E-state index contributed by atoms with van der Waals surface area (Å²) in [6.07, 6.45) is 18.1. The SMILES string of the molecule is CO[C@H]1C[C@@H]2CC[C@@H](C)[C@@](O)(O2)C(=O)C(=O)N2CCCC[C@H]2C(=O)O[C@H]([C@H](C)C[C@@H]2CC[C@@H](OC(=O)CCc3cnc(N4CCN(c5ncc(C)cn5)CC4)nc3)[C@H](OC)C2)CC(=O)[C@H](C)/C=C(\C)[C@@H](O)[C@@H](OC)C(=O)[C@H](C)C[C@H](C)/C=C/C=C/C=C/1C. The van der Waals surface area contributed by atoms with Crippen molar-refractivity contribution in [3.8, 4) is 0 Å². The third-order valence-electron chi connectivity index (χ3n) is 18.7. The third-order valence-corrected chi connectivity index (χ3v) is 18.7. The van der Waals surface area contributed by atoms with Gasteiger partial charge in [0.2, 0.25) is 17.7 Å². The number of ether oxygens (including phenoxy) is 6. The Bertz CT molecular complexity index is 2800. The Labute approximate surface area is 520 Å². The van der Waals surface area contributed by atoms with Gasteiger partial charge in [-0.3, -0.25) is 24.0 Å². The topological polar surface area (TPSA) is 260 Å². The van der Waals surface area contributed by atoms with Gasteiger partial charge < -0.3 is 53.3 Å². The predicted octanol–water partition coefficient (Wildman–Crippen LogP) is 7.58. The van der Waals surface area contributed by atoms with Crippen molar-refractivity contribution < 1.29 is 67.4 Å². The van der Waals surface area contributed by atoms with Crippen LogP contribution in [0.25, 0.3) is 0 Å². The number of ketones is 3. The molecule has 4 fully saturated rings. The van der Waals surface area contributed by atoms with Crippen LogP contribution in [-0.2, 0) is 63.6 Å². The number of fused-ring (bicyclic) bond motifs is 3. The highest BCUT2D eigenvalue weighted by atomic mass is 16.6. The van der Waals surface area contributed by atoms with Crippen LogP contribution in [0.4, 0.5) is 11.9 Å². The van der Waals surface area contributed by atoms with Crippen LogP contribution in [0.2, 0.25) is 0 Å². The zero-order valence-corrected chi connectivity index (χ0v) is 53.7. The molecule has 3 saturated heterocycles. The third kappa shape index (κ3) is 18.3. The number of esters is 2. The second-order valence-electron chi connectivity index (χ2n) is 25.5. The van der Waals surface area contributed by atoms with Gasteiger partial charge in [0.25, 0.3) is 11.7 Å². The number of aliphatic hydroxyl groups is 2. The first-order chi connectivity index (χ1) is 42.0. The zero-order chi connectivity index (χ0) is 63.8. The molecule has 15 atom stereocenters. The molecule has 21 nitrogen and oxygen atoms in total. The van der Waals surface area contributed by atoms with Gasteiger partial charge in [-0.15, -0.1) is 0 Å². The smallest absolute Gasteiger partial charge is 0.329 e. The quantitative estimate of drug-likeness (QED) is 0.118. The van der Waals surface area contributed by atoms with E-state index in [-0.39, 0.29) is 55.2 Å². The summed E-state index contributed by atoms with van der Waals surface area (Å²) < 4.78 is 36.1. The number of carbonyl (C=O) groups is 6. The van der Waals surface area contributed by atoms with Crippen molar-refractivity contribution in [1.29, 1.82) is 0 Å². The van der Waals surface area contributed by atoms with Gasteiger partial charge in [0, 0.05) is 116 Å². The van der Waals surface area contributed by atoms with Gasteiger partial charge in [0.05, 0.1) is 18.3 Å². The highest BCUT2D eigenvalue weighted by Gasteiger charge is 2.53. The van der Waals surface area contributed by atoms with Crippen LogP contribution < -0.4 is 9.80 Å². The number of carbonyl (C=O) groups excluding carboxylic acids is 6. The monoisotopic (exact) mass is 1220 g/mol. The molecule has 4 aliphatic heterocycles. The fourth-order valence-corrected chi connectivity index (χ4v) is 13.0. The lowest BCUT2D eigenvalue weighted by molar-refractivity contribution is -0.265. The van der Waals surface area contributed by atoms with Gasteiger partial charge in [0.1, 0.15) is 36.2 Å². The zero-order valence-electron chi connectivity index (χ0n) is 53.7. The summed E-state index contributed by atoms with van der Waals surface area (Å²) in [7, 11) is 4.54. The summed E-state index contributed by atoms with van der Waals surface area (Å²) in [5.74, 6) is -7.48. The van der Waals surface area contributed by atoms with Crippen molar-refractivity contribution in [2.45, 2.75) is 200 Å². The van der Waals surface area contributed by atoms with Crippen LogP contribution in [0.15, 0.2) is 72.4 Å². The number of methoxy groups -OCH3 is 3. The molecule has 2 bridgehead atoms. The number of aliphatic hydroxyl groups excluding tert-OH is 1. The standard InChI is InChI=1S/C67H97N7O14/c1-41-17-13-12-14-18-43(3)55(83-9)35-51-23-20-48(8)67(82,88-51)62(79)63(80)74-26-16-15-19-52(74)64(81)87-56(36-53(75)44(4)32-47(7)60(78)61(85-11)59(77)46(6)31-41)45(5)33-49-21-24-54(57(34-49)84-10)86-58(76)25-22-50-39-70-66(71-40-50)73-29-27-72(28-30-73)65-68-37-42(2)38-69-65/h12-14,17-18,32,37-41,44-46,48-49,51-52,54-57,60-61,78,82H,15-16,19-31,33-36H2,1-11H3/b14-12+,17-13+,43-18+,47-32+/t41-,44-,45-,46-,48-,49+,51+,52+,54-,55+,56+,57-,60-,61+,67-/m1/s1. The molecule has 6 heterocycles. The van der Waals surface area contributed by atoms with Crippen LogP contribution in [0.5, 0.6) is 0 Å². The van der Waals surface area contributed by atoms with E-state index in [0.717, 1.165) is 29.8 Å². The summed E-state index contributed by atoms with van der Waals surface area (Å²) >= 11 is 0. The van der Waals surface area contributed by atoms with Gasteiger partial charge in [-0.1, -0.05) is 71.1 Å². The number of amides is 1. The largest absolute Gasteiger partial charge is 0.460 e. The van der Waals surface area contributed by atoms with E-state index in [9.17, 15) is 39.0 Å². The molecule has 0 aromatic carbocycles. The number of hydrogen-bond acceptors (Lipinski definition) is 20. The Morgan fingerprint density at radius 2 is 1.43 bits per heavy atom. The van der Waals surface area contributed by atoms with E-state index in [4.69, 9.17) is 28.4 Å². The van der Waals surface area contributed by atoms with E-state index >= 15 is 0 Å². The van der Waals surface area contributed by atoms with Gasteiger partial charge in [-0.2, -0.15) is 0 Å². The Morgan fingerprint density at radius 3 is 2.08 bits per heavy atom. The molecule has 21 heteroatoms. The predicted molar refractivity (Wildman–Crippen MR) is 331 cm³/mol. The molecule has 484 valence electrons. The molecule has 7 rings (SSSR count). The second-order valence-corrected chi connectivity index (χ2v) is 25.5. The number of piperidine rings is 1. The molecular weight excluding hydrogens is 1130 g/mol. The fourth-order valence-electron chi connectivity index (χ4n) is 13.0. The molecule has 0 radical (unpaired) electrons. The minimum atomic E-state index is -2.47. The molecule has 2 aromatic heterocycles. The minimum absolute atomic E-state index is 0.00508. The summed E-state index contributed by atoms with van der Waals surface area (Å²) in [5.41, 5.74) is 3.05. The number of aryl methyl sites for hydroxylation is 2. The normalized spacial score (nSPS) is 33.9. The Kier molecular flexibility index (Phi) is 25.7. The Balaban J connectivity index is 1.04. The lowest BCUT2D eigenvalue weighted by Crippen LogP contribution is -2.61. The van der Waals surface area contributed by atoms with E-state index in [1.165, 1.54) is 12.0 Å². The molecule has 1 aliphatic carbocycles. The van der Waals surface area contributed by atoms with Gasteiger partial charge >= 0.3 is 11.9 Å². The van der Waals surface area contributed by atoms with E-state index in [0.29, 0.717) is 101 Å². The molecule has 5 aliphatic rings. The number of rotatable bonds is 12. The molecule has 0 unspecified atom stereocenters. The van der Waals surface area contributed by atoms with E-state index in [1.807, 2.05) is 77.4 Å². The minimum Gasteiger partial charge on any atom is -0.460 e. The number of allylic oxidation sites excluding steroid dienone is 6. The second kappa shape index (κ2) is 32.6. The molecule has 88 heavy (non-hydrogen) atoms. The number of cyclic esters (lactones) is 1. The van der Waals surface area contributed by atoms with Crippen molar-refractivity contribution >= 4 is 47.1 Å². The average molecular weight is 1220 g/mol. The summed E-state index contributed by atoms with van der Waals surface area (Å²) in [4.78, 5) is 109. The van der Waals surface area contributed by atoms with Gasteiger partial charge in [-0.05, 0) is 131 Å². The van der Waals surface area contributed by atoms with Crippen molar-refractivity contribution in [2.75, 3.05) is 63.9 Å². The molecule has 2 N–H and O–H groups in total. The number of nitrogens with zero attached hydrogens (tertiary/aromatic N) is 7. The van der Waals surface area contributed by atoms with Crippen molar-refractivity contribution in [3.63, 3.8) is 0 Å². The Morgan fingerprint density at radius 1 is 0.761 bits per heavy atom. The fraction of sp³-hybridized carbons (Fsp3) is 0.672. The molecule has 1 amide bonds. The lowest BCUT2D eigenvalue weighted by atomic mass is 9.78. The van der Waals surface area contributed by atoms with Crippen LogP contribution in [0.1, 0.15) is 143 Å². The molecule has 1 saturated carbocycles. The molecule has 2 aromatic rings. The lowest BCUT2D eigenvalue weighted by Gasteiger charge is -2.42.